The number of benzene rings is 1. The third kappa shape index (κ3) is 2.86. The zero-order valence-electron chi connectivity index (χ0n) is 12.6. The maximum atomic E-state index is 12.4. The largest absolute Gasteiger partial charge is 0.341 e. The third-order valence-corrected chi connectivity index (χ3v) is 4.19. The van der Waals surface area contributed by atoms with Crippen molar-refractivity contribution in [2.75, 3.05) is 13.6 Å². The van der Waals surface area contributed by atoms with Crippen molar-refractivity contribution in [3.63, 3.8) is 0 Å². The van der Waals surface area contributed by atoms with Crippen molar-refractivity contribution in [2.45, 2.75) is 19.4 Å². The molecule has 1 aliphatic rings. The van der Waals surface area contributed by atoms with Crippen LogP contribution in [0.3, 0.4) is 0 Å². The SMILES string of the molecule is CN(C[C@@H]1CCn2ccnc2C1)C(=O)c1ccc(C#N)cc1. The van der Waals surface area contributed by atoms with Gasteiger partial charge in [-0.1, -0.05) is 0 Å². The fourth-order valence-electron chi connectivity index (χ4n) is 2.95. The normalized spacial score (nSPS) is 16.6. The minimum atomic E-state index is -0.00148. The summed E-state index contributed by atoms with van der Waals surface area (Å²) < 4.78 is 2.18. The molecule has 3 rings (SSSR count). The highest BCUT2D eigenvalue weighted by Gasteiger charge is 2.22. The van der Waals surface area contributed by atoms with E-state index in [0.29, 0.717) is 17.0 Å². The summed E-state index contributed by atoms with van der Waals surface area (Å²) in [7, 11) is 1.83. The van der Waals surface area contributed by atoms with E-state index in [0.717, 1.165) is 31.8 Å². The molecule has 1 amide bonds. The predicted molar refractivity (Wildman–Crippen MR) is 82.2 cm³/mol. The van der Waals surface area contributed by atoms with Gasteiger partial charge in [-0.15, -0.1) is 0 Å². The van der Waals surface area contributed by atoms with E-state index in [1.54, 1.807) is 29.2 Å². The van der Waals surface area contributed by atoms with Gasteiger partial charge in [-0.05, 0) is 36.6 Å². The quantitative estimate of drug-likeness (QED) is 0.871. The van der Waals surface area contributed by atoms with Gasteiger partial charge >= 0.3 is 0 Å². The second-order valence-corrected chi connectivity index (χ2v) is 5.77. The van der Waals surface area contributed by atoms with E-state index >= 15 is 0 Å². The van der Waals surface area contributed by atoms with Crippen LogP contribution in [-0.2, 0) is 13.0 Å². The molecule has 112 valence electrons. The number of carbonyl (C=O) groups is 1. The van der Waals surface area contributed by atoms with Crippen molar-refractivity contribution < 1.29 is 4.79 Å². The van der Waals surface area contributed by atoms with E-state index < -0.39 is 0 Å². The smallest absolute Gasteiger partial charge is 0.253 e. The maximum Gasteiger partial charge on any atom is 0.253 e. The van der Waals surface area contributed by atoms with Crippen LogP contribution in [0.5, 0.6) is 0 Å². The Morgan fingerprint density at radius 1 is 1.45 bits per heavy atom. The van der Waals surface area contributed by atoms with Crippen LogP contribution in [-0.4, -0.2) is 34.0 Å². The maximum absolute atomic E-state index is 12.4. The van der Waals surface area contributed by atoms with Gasteiger partial charge in [-0.25, -0.2) is 4.98 Å². The number of rotatable bonds is 3. The Labute approximate surface area is 129 Å². The first-order chi connectivity index (χ1) is 10.7. The predicted octanol–water partition coefficient (Wildman–Crippen LogP) is 2.09. The van der Waals surface area contributed by atoms with Crippen molar-refractivity contribution >= 4 is 5.91 Å². The second-order valence-electron chi connectivity index (χ2n) is 5.77. The number of fused-ring (bicyclic) bond motifs is 1. The first-order valence-electron chi connectivity index (χ1n) is 7.43. The first-order valence-corrected chi connectivity index (χ1v) is 7.43. The minimum absolute atomic E-state index is 0.00148. The van der Waals surface area contributed by atoms with Crippen LogP contribution < -0.4 is 0 Å². The Hall–Kier alpha value is -2.61. The van der Waals surface area contributed by atoms with Gasteiger partial charge < -0.3 is 9.47 Å². The Bertz CT molecular complexity index is 711. The summed E-state index contributed by atoms with van der Waals surface area (Å²) in [5.41, 5.74) is 1.19. The van der Waals surface area contributed by atoms with E-state index in [2.05, 4.69) is 15.6 Å². The van der Waals surface area contributed by atoms with E-state index in [1.807, 2.05) is 19.4 Å². The molecule has 0 aliphatic carbocycles. The summed E-state index contributed by atoms with van der Waals surface area (Å²) in [5.74, 6) is 1.55. The number of imidazole rings is 1. The Morgan fingerprint density at radius 2 is 2.23 bits per heavy atom. The number of amides is 1. The molecule has 0 saturated carbocycles. The molecule has 0 saturated heterocycles. The fraction of sp³-hybridized carbons (Fsp3) is 0.353. The van der Waals surface area contributed by atoms with Gasteiger partial charge in [-0.3, -0.25) is 4.79 Å². The van der Waals surface area contributed by atoms with Crippen LogP contribution in [0.4, 0.5) is 0 Å². The number of nitriles is 1. The van der Waals surface area contributed by atoms with Crippen LogP contribution >= 0.6 is 0 Å². The number of nitrogens with zero attached hydrogens (tertiary/aromatic N) is 4. The molecule has 0 fully saturated rings. The van der Waals surface area contributed by atoms with E-state index in [4.69, 9.17) is 5.26 Å². The number of hydrogen-bond acceptors (Lipinski definition) is 3. The molecule has 5 heteroatoms. The van der Waals surface area contributed by atoms with Gasteiger partial charge in [0, 0.05) is 44.5 Å². The summed E-state index contributed by atoms with van der Waals surface area (Å²) in [4.78, 5) is 18.6. The molecule has 0 N–H and O–H groups in total. The zero-order chi connectivity index (χ0) is 15.5. The molecular formula is C17H18N4O. The first kappa shape index (κ1) is 14.3. The number of hydrogen-bond donors (Lipinski definition) is 0. The minimum Gasteiger partial charge on any atom is -0.341 e. The molecule has 1 aromatic carbocycles. The molecule has 2 heterocycles. The standard InChI is InChI=1S/C17H18N4O/c1-20(17(22)15-4-2-13(11-18)3-5-15)12-14-6-8-21-9-7-19-16(21)10-14/h2-5,7,9,14H,6,8,10,12H2,1H3/t14-/m1/s1. The fourth-order valence-corrected chi connectivity index (χ4v) is 2.95. The molecular weight excluding hydrogens is 276 g/mol. The lowest BCUT2D eigenvalue weighted by molar-refractivity contribution is 0.0764. The van der Waals surface area contributed by atoms with Crippen LogP contribution in [0, 0.1) is 17.2 Å². The molecule has 22 heavy (non-hydrogen) atoms. The lowest BCUT2D eigenvalue weighted by Gasteiger charge is -2.27. The molecule has 5 nitrogen and oxygen atoms in total. The number of carbonyl (C=O) groups excluding carboxylic acids is 1. The van der Waals surface area contributed by atoms with Crippen LogP contribution in [0.2, 0.25) is 0 Å². The molecule has 2 aromatic rings. The molecule has 1 aromatic heterocycles. The molecule has 0 unspecified atom stereocenters. The lowest BCUT2D eigenvalue weighted by Crippen LogP contribution is -2.35. The lowest BCUT2D eigenvalue weighted by atomic mass is 9.97. The second kappa shape index (κ2) is 6.02. The van der Waals surface area contributed by atoms with Gasteiger partial charge in [0.05, 0.1) is 11.6 Å². The Morgan fingerprint density at radius 3 is 2.95 bits per heavy atom. The van der Waals surface area contributed by atoms with Gasteiger partial charge in [-0.2, -0.15) is 5.26 Å². The Kier molecular flexibility index (Phi) is 3.92. The van der Waals surface area contributed by atoms with Crippen molar-refractivity contribution in [1.29, 1.82) is 5.26 Å². The number of aryl methyl sites for hydroxylation is 1. The van der Waals surface area contributed by atoms with Crippen molar-refractivity contribution in [2.24, 2.45) is 5.92 Å². The summed E-state index contributed by atoms with van der Waals surface area (Å²) in [6.45, 7) is 1.70. The van der Waals surface area contributed by atoms with Crippen LogP contribution in [0.15, 0.2) is 36.7 Å². The monoisotopic (exact) mass is 294 g/mol. The topological polar surface area (TPSA) is 61.9 Å². The van der Waals surface area contributed by atoms with Gasteiger partial charge in [0.2, 0.25) is 0 Å². The summed E-state index contributed by atoms with van der Waals surface area (Å²) >= 11 is 0. The van der Waals surface area contributed by atoms with E-state index in [1.165, 1.54) is 0 Å². The zero-order valence-corrected chi connectivity index (χ0v) is 12.6. The van der Waals surface area contributed by atoms with E-state index in [-0.39, 0.29) is 5.91 Å². The van der Waals surface area contributed by atoms with Crippen molar-refractivity contribution in [3.05, 3.63) is 53.6 Å². The Balaban J connectivity index is 1.63. The molecule has 1 aliphatic heterocycles. The number of aromatic nitrogens is 2. The van der Waals surface area contributed by atoms with Crippen molar-refractivity contribution in [3.8, 4) is 6.07 Å². The highest BCUT2D eigenvalue weighted by Crippen LogP contribution is 2.20. The molecule has 0 spiro atoms. The average Bonchev–Trinajstić information content (AvgIpc) is 3.02. The molecule has 0 radical (unpaired) electrons. The summed E-state index contributed by atoms with van der Waals surface area (Å²) in [6, 6.07) is 8.85. The molecule has 1 atom stereocenters. The highest BCUT2D eigenvalue weighted by molar-refractivity contribution is 5.94. The highest BCUT2D eigenvalue weighted by atomic mass is 16.2. The summed E-state index contributed by atoms with van der Waals surface area (Å²) in [5, 5.41) is 8.80. The molecule has 0 bridgehead atoms. The van der Waals surface area contributed by atoms with Crippen molar-refractivity contribution in [1.82, 2.24) is 14.5 Å². The van der Waals surface area contributed by atoms with E-state index in [9.17, 15) is 4.79 Å². The van der Waals surface area contributed by atoms with Crippen LogP contribution in [0.25, 0.3) is 0 Å². The summed E-state index contributed by atoms with van der Waals surface area (Å²) in [6.07, 6.45) is 5.83. The van der Waals surface area contributed by atoms with Gasteiger partial charge in [0.15, 0.2) is 0 Å². The average molecular weight is 294 g/mol. The third-order valence-electron chi connectivity index (χ3n) is 4.19. The van der Waals surface area contributed by atoms with Crippen LogP contribution in [0.1, 0.15) is 28.2 Å². The van der Waals surface area contributed by atoms with Gasteiger partial charge in [0.25, 0.3) is 5.91 Å². The van der Waals surface area contributed by atoms with Gasteiger partial charge in [0.1, 0.15) is 5.82 Å².